The number of pyridine rings is 1. The summed E-state index contributed by atoms with van der Waals surface area (Å²) in [5, 5.41) is 21.7. The van der Waals surface area contributed by atoms with E-state index >= 15 is 0 Å². The van der Waals surface area contributed by atoms with E-state index in [-0.39, 0.29) is 17.1 Å². The van der Waals surface area contributed by atoms with Gasteiger partial charge < -0.3 is 5.32 Å². The van der Waals surface area contributed by atoms with E-state index in [0.717, 1.165) is 12.3 Å². The molecule has 1 atom stereocenters. The first kappa shape index (κ1) is 13.9. The van der Waals surface area contributed by atoms with Gasteiger partial charge in [0.2, 0.25) is 0 Å². The van der Waals surface area contributed by atoms with Gasteiger partial charge in [-0.05, 0) is 13.0 Å². The maximum absolute atomic E-state index is 11.8. The van der Waals surface area contributed by atoms with Gasteiger partial charge in [0.1, 0.15) is 16.9 Å². The number of halogens is 1. The number of nitro groups is 1. The molecule has 0 aromatic carbocycles. The second-order valence-corrected chi connectivity index (χ2v) is 3.91. The van der Waals surface area contributed by atoms with Gasteiger partial charge in [0.25, 0.3) is 11.6 Å². The van der Waals surface area contributed by atoms with Crippen molar-refractivity contribution in [1.82, 2.24) is 10.3 Å². The highest BCUT2D eigenvalue weighted by Gasteiger charge is 2.22. The lowest BCUT2D eigenvalue weighted by atomic mass is 10.2. The molecule has 0 aliphatic rings. The van der Waals surface area contributed by atoms with Crippen molar-refractivity contribution in [3.8, 4) is 6.07 Å². The molecule has 0 saturated heterocycles. The summed E-state index contributed by atoms with van der Waals surface area (Å²) in [4.78, 5) is 25.4. The van der Waals surface area contributed by atoms with Gasteiger partial charge in [-0.3, -0.25) is 14.9 Å². The second kappa shape index (κ2) is 5.93. The number of nitrogens with zero attached hydrogens (tertiary/aromatic N) is 3. The van der Waals surface area contributed by atoms with E-state index in [2.05, 4.69) is 10.3 Å². The predicted octanol–water partition coefficient (Wildman–Crippen LogP) is 1.68. The molecule has 1 aromatic rings. The van der Waals surface area contributed by atoms with E-state index in [4.69, 9.17) is 16.9 Å². The van der Waals surface area contributed by atoms with E-state index < -0.39 is 22.6 Å². The van der Waals surface area contributed by atoms with E-state index in [0.29, 0.717) is 0 Å². The van der Waals surface area contributed by atoms with E-state index in [1.807, 2.05) is 6.07 Å². The molecule has 0 spiro atoms. The van der Waals surface area contributed by atoms with Crippen LogP contribution in [0.4, 0.5) is 5.69 Å². The quantitative estimate of drug-likeness (QED) is 0.507. The smallest absolute Gasteiger partial charge is 0.300 e. The Labute approximate surface area is 108 Å². The normalized spacial score (nSPS) is 11.4. The molecule has 1 heterocycles. The van der Waals surface area contributed by atoms with Crippen LogP contribution >= 0.6 is 11.6 Å². The summed E-state index contributed by atoms with van der Waals surface area (Å²) < 4.78 is 0. The van der Waals surface area contributed by atoms with Crippen LogP contribution in [-0.2, 0) is 0 Å². The third-order valence-electron chi connectivity index (χ3n) is 2.07. The molecule has 1 unspecified atom stereocenters. The molecule has 0 fully saturated rings. The fourth-order valence-corrected chi connectivity index (χ4v) is 1.40. The van der Waals surface area contributed by atoms with Crippen LogP contribution in [0.25, 0.3) is 0 Å². The highest BCUT2D eigenvalue weighted by atomic mass is 35.5. The lowest BCUT2D eigenvalue weighted by Gasteiger charge is -2.10. The number of rotatable bonds is 4. The van der Waals surface area contributed by atoms with E-state index in [1.165, 1.54) is 0 Å². The number of nitrogens with one attached hydrogen (secondary N) is 1. The van der Waals surface area contributed by atoms with Crippen molar-refractivity contribution in [1.29, 1.82) is 5.26 Å². The van der Waals surface area contributed by atoms with Crippen molar-refractivity contribution >= 4 is 23.2 Å². The van der Waals surface area contributed by atoms with Crippen molar-refractivity contribution in [2.75, 3.05) is 0 Å². The zero-order valence-corrected chi connectivity index (χ0v) is 10.1. The third kappa shape index (κ3) is 3.40. The van der Waals surface area contributed by atoms with Crippen LogP contribution in [0.15, 0.2) is 12.3 Å². The van der Waals surface area contributed by atoms with Crippen molar-refractivity contribution < 1.29 is 9.72 Å². The Morgan fingerprint density at radius 3 is 3.00 bits per heavy atom. The highest BCUT2D eigenvalue weighted by Crippen LogP contribution is 2.20. The second-order valence-electron chi connectivity index (χ2n) is 3.52. The summed E-state index contributed by atoms with van der Waals surface area (Å²) in [6.45, 7) is 1.62. The molecule has 0 aliphatic carbocycles. The van der Waals surface area contributed by atoms with Gasteiger partial charge in [0.05, 0.1) is 17.4 Å². The van der Waals surface area contributed by atoms with Crippen LogP contribution < -0.4 is 5.32 Å². The Hall–Kier alpha value is -2.20. The number of carbonyl (C=O) groups is 1. The van der Waals surface area contributed by atoms with Gasteiger partial charge in [-0.25, -0.2) is 4.98 Å². The van der Waals surface area contributed by atoms with Crippen LogP contribution in [0.5, 0.6) is 0 Å². The first-order valence-electron chi connectivity index (χ1n) is 4.93. The average molecular weight is 269 g/mol. The Bertz CT molecular complexity index is 526. The Morgan fingerprint density at radius 1 is 1.78 bits per heavy atom. The lowest BCUT2D eigenvalue weighted by molar-refractivity contribution is -0.385. The Morgan fingerprint density at radius 2 is 2.44 bits per heavy atom. The first-order chi connectivity index (χ1) is 8.45. The average Bonchev–Trinajstić information content (AvgIpc) is 2.28. The predicted molar refractivity (Wildman–Crippen MR) is 63.1 cm³/mol. The maximum Gasteiger partial charge on any atom is 0.300 e. The zero-order valence-electron chi connectivity index (χ0n) is 9.38. The van der Waals surface area contributed by atoms with Crippen molar-refractivity contribution in [3.63, 3.8) is 0 Å². The van der Waals surface area contributed by atoms with Crippen molar-refractivity contribution in [3.05, 3.63) is 33.1 Å². The molecule has 0 radical (unpaired) electrons. The topological polar surface area (TPSA) is 109 Å². The minimum absolute atomic E-state index is 0.0151. The molecule has 1 aromatic heterocycles. The summed E-state index contributed by atoms with van der Waals surface area (Å²) in [5.41, 5.74) is -0.606. The number of hydrogen-bond acceptors (Lipinski definition) is 5. The molecule has 1 N–H and O–H groups in total. The first-order valence-corrected chi connectivity index (χ1v) is 5.31. The lowest BCUT2D eigenvalue weighted by Crippen LogP contribution is -2.32. The molecule has 7 nitrogen and oxygen atoms in total. The molecule has 18 heavy (non-hydrogen) atoms. The van der Waals surface area contributed by atoms with Crippen molar-refractivity contribution in [2.45, 2.75) is 19.4 Å². The van der Waals surface area contributed by atoms with Crippen LogP contribution in [0, 0.1) is 21.4 Å². The molecule has 0 bridgehead atoms. The molecular formula is C10H9ClN4O3. The number of amides is 1. The molecule has 1 rings (SSSR count). The monoisotopic (exact) mass is 268 g/mol. The summed E-state index contributed by atoms with van der Waals surface area (Å²) in [6, 6.07) is 2.60. The van der Waals surface area contributed by atoms with Gasteiger partial charge in [0.15, 0.2) is 0 Å². The van der Waals surface area contributed by atoms with E-state index in [9.17, 15) is 14.9 Å². The van der Waals surface area contributed by atoms with E-state index in [1.54, 1.807) is 6.92 Å². The van der Waals surface area contributed by atoms with Crippen LogP contribution in [0.2, 0.25) is 5.15 Å². The minimum atomic E-state index is -0.715. The largest absolute Gasteiger partial charge is 0.348 e. The molecule has 8 heteroatoms. The molecule has 1 amide bonds. The summed E-state index contributed by atoms with van der Waals surface area (Å²) in [5.74, 6) is -0.659. The molecule has 94 valence electrons. The number of carbonyl (C=O) groups excluding carboxylic acids is 1. The van der Waals surface area contributed by atoms with Crippen LogP contribution in [-0.4, -0.2) is 21.9 Å². The van der Waals surface area contributed by atoms with Gasteiger partial charge in [0, 0.05) is 6.04 Å². The Kier molecular flexibility index (Phi) is 4.57. The zero-order chi connectivity index (χ0) is 13.7. The summed E-state index contributed by atoms with van der Waals surface area (Å²) in [7, 11) is 0. The summed E-state index contributed by atoms with van der Waals surface area (Å²) in [6.07, 6.45) is 1.03. The Balaban J connectivity index is 3.01. The maximum atomic E-state index is 11.8. The van der Waals surface area contributed by atoms with Gasteiger partial charge in [-0.1, -0.05) is 11.6 Å². The molecule has 0 aliphatic heterocycles. The number of nitriles is 1. The SMILES string of the molecule is CC(CC#N)NC(=O)c1cc(Cl)ncc1[N+](=O)[O-]. The van der Waals surface area contributed by atoms with Gasteiger partial charge in [-0.15, -0.1) is 0 Å². The fraction of sp³-hybridized carbons (Fsp3) is 0.300. The van der Waals surface area contributed by atoms with Crippen LogP contribution in [0.3, 0.4) is 0 Å². The van der Waals surface area contributed by atoms with Crippen molar-refractivity contribution in [2.24, 2.45) is 0 Å². The third-order valence-corrected chi connectivity index (χ3v) is 2.27. The van der Waals surface area contributed by atoms with Crippen LogP contribution in [0.1, 0.15) is 23.7 Å². The minimum Gasteiger partial charge on any atom is -0.348 e. The fourth-order valence-electron chi connectivity index (χ4n) is 1.24. The molecule has 0 saturated carbocycles. The van der Waals surface area contributed by atoms with Gasteiger partial charge >= 0.3 is 0 Å². The number of hydrogen-bond donors (Lipinski definition) is 1. The van der Waals surface area contributed by atoms with Gasteiger partial charge in [-0.2, -0.15) is 5.26 Å². The summed E-state index contributed by atoms with van der Waals surface area (Å²) >= 11 is 5.60. The molecular weight excluding hydrogens is 260 g/mol. The standard InChI is InChI=1S/C10H9ClN4O3/c1-6(2-3-12)14-10(16)7-4-9(11)13-5-8(7)15(17)18/h4-6H,2H2,1H3,(H,14,16). The number of aromatic nitrogens is 1. The highest BCUT2D eigenvalue weighted by molar-refractivity contribution is 6.29.